The van der Waals surface area contributed by atoms with Gasteiger partial charge in [0.15, 0.2) is 0 Å². The average Bonchev–Trinajstić information content (AvgIpc) is 3.28. The average molecular weight is 609 g/mol. The van der Waals surface area contributed by atoms with Crippen LogP contribution in [0.1, 0.15) is 52.4 Å². The van der Waals surface area contributed by atoms with Gasteiger partial charge in [-0.25, -0.2) is 12.8 Å². The van der Waals surface area contributed by atoms with Gasteiger partial charge in [0.1, 0.15) is 5.82 Å². The summed E-state index contributed by atoms with van der Waals surface area (Å²) in [6.45, 7) is 4.48. The molecule has 0 aliphatic carbocycles. The molecule has 0 bridgehead atoms. The zero-order chi connectivity index (χ0) is 30.9. The number of carbonyl (C=O) groups excluding carboxylic acids is 1. The van der Waals surface area contributed by atoms with Gasteiger partial charge in [-0.2, -0.15) is 5.26 Å². The van der Waals surface area contributed by atoms with Gasteiger partial charge >= 0.3 is 0 Å². The van der Waals surface area contributed by atoms with E-state index in [-0.39, 0.29) is 17.3 Å². The third-order valence-electron chi connectivity index (χ3n) is 9.13. The standard InChI is InChI=1S/C35H33FN4O3S/c1-25-35(17-19-39(20-18-35)24-26-7-3-2-4-8-26)32-21-27(34(41)38-23-29-10-6-5-9-28(29)22-37)11-16-33(32)40(25)44(42,43)31-14-12-30(36)13-15-31/h2-16,21,25H,17-20,23-24H2,1H3,(H,38,41). The molecule has 224 valence electrons. The molecule has 2 heterocycles. The Balaban J connectivity index is 1.33. The lowest BCUT2D eigenvalue weighted by molar-refractivity contribution is 0.0950. The number of sulfonamides is 1. The Bertz CT molecular complexity index is 1830. The van der Waals surface area contributed by atoms with Crippen LogP contribution in [0.4, 0.5) is 10.1 Å². The topological polar surface area (TPSA) is 93.5 Å². The van der Waals surface area contributed by atoms with E-state index in [9.17, 15) is 22.9 Å². The number of nitriles is 1. The molecule has 1 fully saturated rings. The number of carbonyl (C=O) groups is 1. The number of nitrogens with one attached hydrogen (secondary N) is 1. The van der Waals surface area contributed by atoms with Crippen molar-refractivity contribution in [3.05, 3.63) is 131 Å². The molecule has 1 amide bonds. The highest BCUT2D eigenvalue weighted by Gasteiger charge is 2.53. The summed E-state index contributed by atoms with van der Waals surface area (Å²) in [4.78, 5) is 15.8. The largest absolute Gasteiger partial charge is 0.348 e. The number of rotatable bonds is 7. The normalized spacial score (nSPS) is 17.7. The van der Waals surface area contributed by atoms with E-state index in [2.05, 4.69) is 28.4 Å². The van der Waals surface area contributed by atoms with Crippen molar-refractivity contribution in [3.63, 3.8) is 0 Å². The highest BCUT2D eigenvalue weighted by Crippen LogP contribution is 2.53. The van der Waals surface area contributed by atoms with Gasteiger partial charge in [0.05, 0.1) is 28.3 Å². The van der Waals surface area contributed by atoms with Crippen LogP contribution in [0.3, 0.4) is 0 Å². The van der Waals surface area contributed by atoms with Crippen molar-refractivity contribution < 1.29 is 17.6 Å². The van der Waals surface area contributed by atoms with Crippen molar-refractivity contribution >= 4 is 21.6 Å². The lowest BCUT2D eigenvalue weighted by Crippen LogP contribution is -2.51. The molecule has 1 saturated heterocycles. The maximum absolute atomic E-state index is 14.1. The SMILES string of the molecule is CC1N(S(=O)(=O)c2ccc(F)cc2)c2ccc(C(=O)NCc3ccccc3C#N)cc2C12CCN(Cc1ccccc1)CC2. The minimum Gasteiger partial charge on any atom is -0.348 e. The van der Waals surface area contributed by atoms with Crippen LogP contribution in [0.5, 0.6) is 0 Å². The molecule has 4 aromatic carbocycles. The minimum absolute atomic E-state index is 0.0215. The zero-order valence-electron chi connectivity index (χ0n) is 24.4. The van der Waals surface area contributed by atoms with Crippen LogP contribution < -0.4 is 9.62 Å². The van der Waals surface area contributed by atoms with Crippen molar-refractivity contribution in [3.8, 4) is 6.07 Å². The fraction of sp³-hybridized carbons (Fsp3) is 0.257. The lowest BCUT2D eigenvalue weighted by atomic mass is 9.70. The quantitative estimate of drug-likeness (QED) is 0.288. The highest BCUT2D eigenvalue weighted by atomic mass is 32.2. The molecule has 1 atom stereocenters. The number of benzene rings is 4. The summed E-state index contributed by atoms with van der Waals surface area (Å²) in [5.74, 6) is -0.807. The molecule has 6 rings (SSSR count). The van der Waals surface area contributed by atoms with Crippen LogP contribution in [-0.2, 0) is 28.5 Å². The summed E-state index contributed by atoms with van der Waals surface area (Å²) in [5.41, 5.74) is 3.73. The Morgan fingerprint density at radius 2 is 1.66 bits per heavy atom. The Hall–Kier alpha value is -4.52. The molecule has 0 aromatic heterocycles. The molecule has 1 spiro atoms. The maximum atomic E-state index is 14.1. The van der Waals surface area contributed by atoms with Gasteiger partial charge in [-0.15, -0.1) is 0 Å². The molecule has 0 radical (unpaired) electrons. The van der Waals surface area contributed by atoms with Crippen LogP contribution in [-0.4, -0.2) is 38.4 Å². The van der Waals surface area contributed by atoms with Crippen molar-refractivity contribution in [2.45, 2.75) is 49.2 Å². The van der Waals surface area contributed by atoms with Crippen LogP contribution in [0.25, 0.3) is 0 Å². The predicted octanol–water partition coefficient (Wildman–Crippen LogP) is 5.76. The summed E-state index contributed by atoms with van der Waals surface area (Å²) in [5, 5.41) is 12.3. The molecule has 1 N–H and O–H groups in total. The van der Waals surface area contributed by atoms with Gasteiger partial charge in [0.25, 0.3) is 15.9 Å². The van der Waals surface area contributed by atoms with Gasteiger partial charge in [-0.3, -0.25) is 14.0 Å². The number of likely N-dealkylation sites (tertiary alicyclic amines) is 1. The first-order chi connectivity index (χ1) is 21.2. The first-order valence-corrected chi connectivity index (χ1v) is 16.1. The molecule has 9 heteroatoms. The van der Waals surface area contributed by atoms with Crippen LogP contribution >= 0.6 is 0 Å². The third-order valence-corrected chi connectivity index (χ3v) is 11.0. The minimum atomic E-state index is -4.02. The van der Waals surface area contributed by atoms with Crippen LogP contribution in [0, 0.1) is 17.1 Å². The van der Waals surface area contributed by atoms with Crippen molar-refractivity contribution in [1.82, 2.24) is 10.2 Å². The molecule has 7 nitrogen and oxygen atoms in total. The van der Waals surface area contributed by atoms with E-state index < -0.39 is 27.3 Å². The Labute approximate surface area is 257 Å². The second-order valence-corrected chi connectivity index (χ2v) is 13.3. The maximum Gasteiger partial charge on any atom is 0.264 e. The third kappa shape index (κ3) is 5.36. The molecule has 4 aromatic rings. The fourth-order valence-electron chi connectivity index (χ4n) is 6.68. The number of amides is 1. The Morgan fingerprint density at radius 3 is 2.36 bits per heavy atom. The van der Waals surface area contributed by atoms with Gasteiger partial charge in [0.2, 0.25) is 0 Å². The van der Waals surface area contributed by atoms with Gasteiger partial charge in [0, 0.05) is 24.1 Å². The summed E-state index contributed by atoms with van der Waals surface area (Å²) in [7, 11) is -4.02. The van der Waals surface area contributed by atoms with E-state index in [1.165, 1.54) is 22.0 Å². The first kappa shape index (κ1) is 29.5. The lowest BCUT2D eigenvalue weighted by Gasteiger charge is -2.43. The van der Waals surface area contributed by atoms with E-state index in [4.69, 9.17) is 0 Å². The molecule has 2 aliphatic rings. The van der Waals surface area contributed by atoms with Crippen molar-refractivity contribution in [2.24, 2.45) is 0 Å². The smallest absolute Gasteiger partial charge is 0.264 e. The van der Waals surface area contributed by atoms with E-state index in [1.54, 1.807) is 30.3 Å². The molecule has 2 aliphatic heterocycles. The number of hydrogen-bond acceptors (Lipinski definition) is 5. The Morgan fingerprint density at radius 1 is 0.977 bits per heavy atom. The molecule has 44 heavy (non-hydrogen) atoms. The van der Waals surface area contributed by atoms with E-state index in [1.807, 2.05) is 37.3 Å². The molecule has 0 saturated carbocycles. The second-order valence-electron chi connectivity index (χ2n) is 11.5. The monoisotopic (exact) mass is 608 g/mol. The van der Waals surface area contributed by atoms with Gasteiger partial charge in [-0.1, -0.05) is 48.5 Å². The number of fused-ring (bicyclic) bond motifs is 2. The number of nitrogens with zero attached hydrogens (tertiary/aromatic N) is 3. The van der Waals surface area contributed by atoms with Gasteiger partial charge < -0.3 is 5.32 Å². The summed E-state index contributed by atoms with van der Waals surface area (Å²) in [6, 6.07) is 29.2. The molecular formula is C35H33FN4O3S. The second kappa shape index (κ2) is 11.9. The van der Waals surface area contributed by atoms with Gasteiger partial charge in [-0.05, 0) is 98.1 Å². The van der Waals surface area contributed by atoms with E-state index in [0.717, 1.165) is 42.9 Å². The zero-order valence-corrected chi connectivity index (χ0v) is 25.2. The number of anilines is 1. The van der Waals surface area contributed by atoms with E-state index >= 15 is 0 Å². The van der Waals surface area contributed by atoms with E-state index in [0.29, 0.717) is 29.7 Å². The summed E-state index contributed by atoms with van der Waals surface area (Å²) < 4.78 is 43.3. The first-order valence-electron chi connectivity index (χ1n) is 14.7. The van der Waals surface area contributed by atoms with Crippen molar-refractivity contribution in [2.75, 3.05) is 17.4 Å². The molecular weight excluding hydrogens is 575 g/mol. The highest BCUT2D eigenvalue weighted by molar-refractivity contribution is 7.92. The summed E-state index contributed by atoms with van der Waals surface area (Å²) in [6.07, 6.45) is 1.42. The fourth-order valence-corrected chi connectivity index (χ4v) is 8.43. The number of piperidine rings is 1. The van der Waals surface area contributed by atoms with Crippen LogP contribution in [0.2, 0.25) is 0 Å². The number of halogens is 1. The van der Waals surface area contributed by atoms with Crippen molar-refractivity contribution in [1.29, 1.82) is 5.26 Å². The Kier molecular flexibility index (Phi) is 7.97. The predicted molar refractivity (Wildman–Crippen MR) is 167 cm³/mol. The summed E-state index contributed by atoms with van der Waals surface area (Å²) >= 11 is 0. The number of hydrogen-bond donors (Lipinski definition) is 1. The van der Waals surface area contributed by atoms with Crippen LogP contribution in [0.15, 0.2) is 102 Å². The molecule has 1 unspecified atom stereocenters.